The lowest BCUT2D eigenvalue weighted by Gasteiger charge is -2.36. The normalized spacial score (nSPS) is 24.1. The van der Waals surface area contributed by atoms with Gasteiger partial charge in [-0.05, 0) is 87.1 Å². The molecule has 0 radical (unpaired) electrons. The van der Waals surface area contributed by atoms with Gasteiger partial charge in [0.1, 0.15) is 5.78 Å². The van der Waals surface area contributed by atoms with Crippen molar-refractivity contribution in [1.82, 2.24) is 0 Å². The average molecular weight is 394 g/mol. The fourth-order valence-corrected chi connectivity index (χ4v) is 5.37. The van der Waals surface area contributed by atoms with Gasteiger partial charge in [-0.3, -0.25) is 9.59 Å². The van der Waals surface area contributed by atoms with Gasteiger partial charge in [0.25, 0.3) is 0 Å². The van der Waals surface area contributed by atoms with Gasteiger partial charge < -0.3 is 5.32 Å². The summed E-state index contributed by atoms with van der Waals surface area (Å²) in [5, 5.41) is 3.06. The van der Waals surface area contributed by atoms with Crippen molar-refractivity contribution in [3.8, 4) is 0 Å². The van der Waals surface area contributed by atoms with Gasteiger partial charge in [-0.2, -0.15) is 0 Å². The molecule has 2 aromatic rings. The molecule has 3 nitrogen and oxygen atoms in total. The van der Waals surface area contributed by atoms with Gasteiger partial charge in [-0.15, -0.1) is 0 Å². The zero-order chi connectivity index (χ0) is 19.7. The third-order valence-electron chi connectivity index (χ3n) is 6.25. The van der Waals surface area contributed by atoms with E-state index in [0.29, 0.717) is 5.78 Å². The van der Waals surface area contributed by atoms with Crippen LogP contribution < -0.4 is 5.32 Å². The van der Waals surface area contributed by atoms with Crippen molar-refractivity contribution in [2.24, 2.45) is 17.8 Å². The highest BCUT2D eigenvalue weighted by Gasteiger charge is 2.41. The monoisotopic (exact) mass is 393 g/mol. The van der Waals surface area contributed by atoms with Crippen LogP contribution in [0.25, 0.3) is 0 Å². The van der Waals surface area contributed by atoms with Crippen molar-refractivity contribution >= 4 is 29.1 Å². The number of hydrogen-bond donors (Lipinski definition) is 1. The lowest BCUT2D eigenvalue weighted by molar-refractivity contribution is -0.136. The Morgan fingerprint density at radius 3 is 2.21 bits per heavy atom. The molecule has 1 amide bonds. The van der Waals surface area contributed by atoms with Crippen molar-refractivity contribution in [3.63, 3.8) is 0 Å². The summed E-state index contributed by atoms with van der Waals surface area (Å²) in [6.07, 6.45) is 4.51. The highest BCUT2D eigenvalue weighted by Crippen LogP contribution is 2.40. The lowest BCUT2D eigenvalue weighted by Crippen LogP contribution is -2.40. The molecule has 146 valence electrons. The van der Waals surface area contributed by atoms with E-state index < -0.39 is 0 Å². The fourth-order valence-electron chi connectivity index (χ4n) is 4.46. The van der Waals surface area contributed by atoms with E-state index in [9.17, 15) is 9.59 Å². The molecule has 2 bridgehead atoms. The Morgan fingerprint density at radius 2 is 1.57 bits per heavy atom. The topological polar surface area (TPSA) is 46.2 Å². The second-order valence-electron chi connectivity index (χ2n) is 8.26. The third-order valence-corrected chi connectivity index (χ3v) is 7.25. The van der Waals surface area contributed by atoms with E-state index >= 15 is 0 Å². The van der Waals surface area contributed by atoms with E-state index in [2.05, 4.69) is 49.5 Å². The molecule has 1 N–H and O–H groups in total. The second-order valence-corrected chi connectivity index (χ2v) is 9.40. The van der Waals surface area contributed by atoms with Crippen molar-refractivity contribution in [3.05, 3.63) is 53.6 Å². The van der Waals surface area contributed by atoms with E-state index in [1.807, 2.05) is 12.1 Å². The van der Waals surface area contributed by atoms with E-state index in [4.69, 9.17) is 0 Å². The Morgan fingerprint density at radius 1 is 0.929 bits per heavy atom. The van der Waals surface area contributed by atoms with Gasteiger partial charge >= 0.3 is 0 Å². The van der Waals surface area contributed by atoms with Crippen LogP contribution in [0, 0.1) is 31.6 Å². The van der Waals surface area contributed by atoms with Crippen LogP contribution in [-0.2, 0) is 9.59 Å². The number of carbonyl (C=O) groups is 2. The molecular weight excluding hydrogens is 366 g/mol. The Labute approximate surface area is 171 Å². The zero-order valence-corrected chi connectivity index (χ0v) is 17.4. The molecule has 28 heavy (non-hydrogen) atoms. The molecule has 2 unspecified atom stereocenters. The Kier molecular flexibility index (Phi) is 5.58. The minimum Gasteiger partial charge on any atom is -0.326 e. The van der Waals surface area contributed by atoms with Crippen molar-refractivity contribution in [2.45, 2.75) is 55.7 Å². The summed E-state index contributed by atoms with van der Waals surface area (Å²) in [7, 11) is 0. The van der Waals surface area contributed by atoms with Crippen molar-refractivity contribution in [2.75, 3.05) is 5.32 Å². The third kappa shape index (κ3) is 4.17. The quantitative estimate of drug-likeness (QED) is 0.715. The number of nitrogens with one attached hydrogen (secondary N) is 1. The van der Waals surface area contributed by atoms with E-state index in [1.54, 1.807) is 11.8 Å². The van der Waals surface area contributed by atoms with Gasteiger partial charge in [0.15, 0.2) is 0 Å². The molecule has 2 aliphatic rings. The van der Waals surface area contributed by atoms with E-state index in [-0.39, 0.29) is 23.7 Å². The van der Waals surface area contributed by atoms with Crippen LogP contribution in [0.5, 0.6) is 0 Å². The SMILES string of the molecule is Cc1ccc(Sc2ccc(NC(=O)C3CC4CCCC(C3)C4=O)cc2)cc1C. The number of benzene rings is 2. The Bertz CT molecular complexity index is 874. The molecule has 0 saturated heterocycles. The summed E-state index contributed by atoms with van der Waals surface area (Å²) in [6.45, 7) is 4.25. The minimum absolute atomic E-state index is 0.0300. The fraction of sp³-hybridized carbons (Fsp3) is 0.417. The smallest absolute Gasteiger partial charge is 0.227 e. The molecule has 0 aromatic heterocycles. The molecule has 0 spiro atoms. The van der Waals surface area contributed by atoms with Crippen LogP contribution in [0.4, 0.5) is 5.69 Å². The number of amides is 1. The number of anilines is 1. The number of rotatable bonds is 4. The molecule has 2 aromatic carbocycles. The summed E-state index contributed by atoms with van der Waals surface area (Å²) in [4.78, 5) is 27.3. The molecular formula is C24H27NO2S. The maximum atomic E-state index is 12.7. The largest absolute Gasteiger partial charge is 0.326 e. The molecule has 2 saturated carbocycles. The molecule has 2 aliphatic carbocycles. The molecule has 0 aliphatic heterocycles. The standard InChI is InChI=1S/C24H27NO2S/c1-15-6-9-22(12-16(15)2)28-21-10-7-20(8-11-21)25-24(27)19-13-17-4-3-5-18(14-19)23(17)26/h6-12,17-19H,3-5,13-14H2,1-2H3,(H,25,27). The summed E-state index contributed by atoms with van der Waals surface area (Å²) >= 11 is 1.73. The maximum absolute atomic E-state index is 12.7. The second kappa shape index (κ2) is 8.12. The molecule has 2 atom stereocenters. The maximum Gasteiger partial charge on any atom is 0.227 e. The van der Waals surface area contributed by atoms with Gasteiger partial charge in [-0.25, -0.2) is 0 Å². The van der Waals surface area contributed by atoms with Crippen molar-refractivity contribution in [1.29, 1.82) is 0 Å². The van der Waals surface area contributed by atoms with Gasteiger partial charge in [-0.1, -0.05) is 24.2 Å². The summed E-state index contributed by atoms with van der Waals surface area (Å²) < 4.78 is 0. The first-order valence-corrected chi connectivity index (χ1v) is 11.0. The first kappa shape index (κ1) is 19.3. The van der Waals surface area contributed by atoms with Crippen LogP contribution in [0.15, 0.2) is 52.3 Å². The number of hydrogen-bond acceptors (Lipinski definition) is 3. The van der Waals surface area contributed by atoms with Crippen LogP contribution in [0.3, 0.4) is 0 Å². The van der Waals surface area contributed by atoms with Crippen molar-refractivity contribution < 1.29 is 9.59 Å². The van der Waals surface area contributed by atoms with Gasteiger partial charge in [0, 0.05) is 33.2 Å². The molecule has 4 rings (SSSR count). The van der Waals surface area contributed by atoms with Gasteiger partial charge in [0.05, 0.1) is 0 Å². The van der Waals surface area contributed by atoms with Crippen LogP contribution >= 0.6 is 11.8 Å². The minimum atomic E-state index is -0.0300. The van der Waals surface area contributed by atoms with Crippen LogP contribution in [0.2, 0.25) is 0 Å². The zero-order valence-electron chi connectivity index (χ0n) is 16.5. The first-order valence-electron chi connectivity index (χ1n) is 10.2. The summed E-state index contributed by atoms with van der Waals surface area (Å²) in [6, 6.07) is 14.5. The lowest BCUT2D eigenvalue weighted by atomic mass is 9.67. The van der Waals surface area contributed by atoms with Crippen LogP contribution in [-0.4, -0.2) is 11.7 Å². The number of fused-ring (bicyclic) bond motifs is 2. The number of ketones is 1. The molecule has 2 fully saturated rings. The predicted molar refractivity (Wildman–Crippen MR) is 114 cm³/mol. The Balaban J connectivity index is 1.37. The van der Waals surface area contributed by atoms with E-state index in [0.717, 1.165) is 42.7 Å². The molecule has 4 heteroatoms. The highest BCUT2D eigenvalue weighted by atomic mass is 32.2. The van der Waals surface area contributed by atoms with E-state index in [1.165, 1.54) is 16.0 Å². The first-order chi connectivity index (χ1) is 13.5. The Hall–Kier alpha value is -2.07. The molecule has 0 heterocycles. The predicted octanol–water partition coefficient (Wildman–Crippen LogP) is 5.79. The number of Topliss-reactive ketones (excluding diaryl/α,β-unsaturated/α-hetero) is 1. The van der Waals surface area contributed by atoms with Gasteiger partial charge in [0.2, 0.25) is 5.91 Å². The summed E-state index contributed by atoms with van der Waals surface area (Å²) in [5.74, 6) is 0.666. The number of aryl methyl sites for hydroxylation is 2. The van der Waals surface area contributed by atoms with Crippen LogP contribution in [0.1, 0.15) is 43.2 Å². The average Bonchev–Trinajstić information content (AvgIpc) is 2.66. The summed E-state index contributed by atoms with van der Waals surface area (Å²) in [5.41, 5.74) is 3.43. The highest BCUT2D eigenvalue weighted by molar-refractivity contribution is 7.99. The number of carbonyl (C=O) groups excluding carboxylic acids is 2.